The summed E-state index contributed by atoms with van der Waals surface area (Å²) in [5, 5.41) is 7.07. The highest BCUT2D eigenvalue weighted by atomic mass is 127. The van der Waals surface area contributed by atoms with Crippen molar-refractivity contribution in [3.8, 4) is 0 Å². The van der Waals surface area contributed by atoms with Crippen LogP contribution in [0.5, 0.6) is 0 Å². The fourth-order valence-corrected chi connectivity index (χ4v) is 1.06. The van der Waals surface area contributed by atoms with Crippen molar-refractivity contribution in [2.45, 2.75) is 0 Å². The number of nitrogen functional groups attached to an aromatic ring is 1. The Morgan fingerprint density at radius 1 is 1.60 bits per heavy atom. The number of hydrogen-bond acceptors (Lipinski definition) is 2. The minimum absolute atomic E-state index is 0.0611. The summed E-state index contributed by atoms with van der Waals surface area (Å²) in [5.74, 6) is 0.0611. The van der Waals surface area contributed by atoms with E-state index in [1.807, 2.05) is 6.07 Å². The molecule has 1 heterocycles. The molecule has 10 heavy (non-hydrogen) atoms. The summed E-state index contributed by atoms with van der Waals surface area (Å²) in [6, 6.07) is 1.82. The summed E-state index contributed by atoms with van der Waals surface area (Å²) in [7, 11) is 0. The molecular formula is C6H6IN3. The van der Waals surface area contributed by atoms with E-state index in [4.69, 9.17) is 11.1 Å². The third-order valence-electron chi connectivity index (χ3n) is 1.02. The maximum absolute atomic E-state index is 7.07. The SMILES string of the molecule is N=C(N)c1cncc(I)c1. The molecule has 0 atom stereocenters. The molecule has 4 heteroatoms. The van der Waals surface area contributed by atoms with Gasteiger partial charge in [0.25, 0.3) is 0 Å². The van der Waals surface area contributed by atoms with Gasteiger partial charge >= 0.3 is 0 Å². The molecule has 0 aromatic carbocycles. The molecule has 52 valence electrons. The molecule has 0 aliphatic heterocycles. The van der Waals surface area contributed by atoms with Gasteiger partial charge in [-0.1, -0.05) is 0 Å². The van der Waals surface area contributed by atoms with E-state index in [9.17, 15) is 0 Å². The minimum Gasteiger partial charge on any atom is -0.384 e. The number of nitrogens with zero attached hydrogens (tertiary/aromatic N) is 1. The Morgan fingerprint density at radius 2 is 2.30 bits per heavy atom. The molecule has 0 bridgehead atoms. The maximum Gasteiger partial charge on any atom is 0.124 e. The van der Waals surface area contributed by atoms with Crippen molar-refractivity contribution in [3.63, 3.8) is 0 Å². The van der Waals surface area contributed by atoms with Crippen LogP contribution >= 0.6 is 22.6 Å². The van der Waals surface area contributed by atoms with Crippen molar-refractivity contribution in [1.82, 2.24) is 4.98 Å². The Hall–Kier alpha value is -0.650. The number of hydrogen-bond donors (Lipinski definition) is 2. The minimum atomic E-state index is 0.0611. The van der Waals surface area contributed by atoms with Crippen LogP contribution in [-0.4, -0.2) is 10.8 Å². The summed E-state index contributed by atoms with van der Waals surface area (Å²) in [6.45, 7) is 0. The average molecular weight is 247 g/mol. The zero-order valence-electron chi connectivity index (χ0n) is 5.13. The molecule has 0 amide bonds. The van der Waals surface area contributed by atoms with Crippen molar-refractivity contribution < 1.29 is 0 Å². The number of halogens is 1. The zero-order valence-corrected chi connectivity index (χ0v) is 7.29. The normalized spacial score (nSPS) is 9.30. The van der Waals surface area contributed by atoms with Crippen molar-refractivity contribution >= 4 is 28.4 Å². The van der Waals surface area contributed by atoms with Gasteiger partial charge in [0.05, 0.1) is 0 Å². The lowest BCUT2D eigenvalue weighted by molar-refractivity contribution is 1.28. The van der Waals surface area contributed by atoms with Gasteiger partial charge in [-0.25, -0.2) is 0 Å². The fourth-order valence-electron chi connectivity index (χ4n) is 0.559. The van der Waals surface area contributed by atoms with E-state index in [2.05, 4.69) is 27.6 Å². The van der Waals surface area contributed by atoms with Crippen molar-refractivity contribution in [2.75, 3.05) is 0 Å². The van der Waals surface area contributed by atoms with Crippen LogP contribution in [0.2, 0.25) is 0 Å². The van der Waals surface area contributed by atoms with Crippen LogP contribution in [0.3, 0.4) is 0 Å². The molecule has 1 aromatic rings. The first kappa shape index (κ1) is 7.46. The van der Waals surface area contributed by atoms with E-state index in [0.29, 0.717) is 5.56 Å². The monoisotopic (exact) mass is 247 g/mol. The molecule has 0 unspecified atom stereocenters. The molecule has 3 nitrogen and oxygen atoms in total. The highest BCUT2D eigenvalue weighted by Crippen LogP contribution is 2.03. The average Bonchev–Trinajstić information content (AvgIpc) is 1.88. The number of amidine groups is 1. The van der Waals surface area contributed by atoms with Gasteiger partial charge in [0.15, 0.2) is 0 Å². The van der Waals surface area contributed by atoms with Gasteiger partial charge in [-0.05, 0) is 28.7 Å². The summed E-state index contributed by atoms with van der Waals surface area (Å²) >= 11 is 2.12. The number of rotatable bonds is 1. The number of aromatic nitrogens is 1. The molecular weight excluding hydrogens is 241 g/mol. The predicted molar refractivity (Wildman–Crippen MR) is 48.0 cm³/mol. The Balaban J connectivity index is 3.07. The second-order valence-electron chi connectivity index (χ2n) is 1.81. The molecule has 0 radical (unpaired) electrons. The van der Waals surface area contributed by atoms with E-state index >= 15 is 0 Å². The van der Waals surface area contributed by atoms with Crippen molar-refractivity contribution in [2.24, 2.45) is 5.73 Å². The Bertz CT molecular complexity index is 259. The third kappa shape index (κ3) is 1.66. The lowest BCUT2D eigenvalue weighted by Gasteiger charge is -1.95. The van der Waals surface area contributed by atoms with Crippen LogP contribution < -0.4 is 5.73 Å². The largest absolute Gasteiger partial charge is 0.384 e. The topological polar surface area (TPSA) is 62.8 Å². The number of nitrogens with one attached hydrogen (secondary N) is 1. The number of nitrogens with two attached hydrogens (primary N) is 1. The summed E-state index contributed by atoms with van der Waals surface area (Å²) < 4.78 is 0.991. The quantitative estimate of drug-likeness (QED) is 0.441. The lowest BCUT2D eigenvalue weighted by Crippen LogP contribution is -2.11. The first-order chi connectivity index (χ1) is 4.70. The summed E-state index contributed by atoms with van der Waals surface area (Å²) in [6.07, 6.45) is 3.29. The van der Waals surface area contributed by atoms with Crippen LogP contribution in [-0.2, 0) is 0 Å². The third-order valence-corrected chi connectivity index (χ3v) is 1.61. The second-order valence-corrected chi connectivity index (χ2v) is 3.05. The van der Waals surface area contributed by atoms with Gasteiger partial charge in [-0.2, -0.15) is 0 Å². The van der Waals surface area contributed by atoms with Crippen LogP contribution in [0.15, 0.2) is 18.5 Å². The first-order valence-corrected chi connectivity index (χ1v) is 3.73. The van der Waals surface area contributed by atoms with Crippen molar-refractivity contribution in [1.29, 1.82) is 5.41 Å². The predicted octanol–water partition coefficient (Wildman–Crippen LogP) is 0.970. The van der Waals surface area contributed by atoms with Crippen LogP contribution in [0.4, 0.5) is 0 Å². The van der Waals surface area contributed by atoms with E-state index in [0.717, 1.165) is 3.57 Å². The van der Waals surface area contributed by atoms with E-state index in [1.165, 1.54) is 0 Å². The molecule has 3 N–H and O–H groups in total. The van der Waals surface area contributed by atoms with Gasteiger partial charge in [0.2, 0.25) is 0 Å². The van der Waals surface area contributed by atoms with Gasteiger partial charge < -0.3 is 5.73 Å². The van der Waals surface area contributed by atoms with Crippen LogP contribution in [0.25, 0.3) is 0 Å². The highest BCUT2D eigenvalue weighted by molar-refractivity contribution is 14.1. The van der Waals surface area contributed by atoms with Gasteiger partial charge in [-0.15, -0.1) is 0 Å². The van der Waals surface area contributed by atoms with Gasteiger partial charge in [0, 0.05) is 21.5 Å². The highest BCUT2D eigenvalue weighted by Gasteiger charge is 1.95. The van der Waals surface area contributed by atoms with Crippen LogP contribution in [0, 0.1) is 8.98 Å². The fraction of sp³-hybridized carbons (Fsp3) is 0. The van der Waals surface area contributed by atoms with E-state index in [-0.39, 0.29) is 5.84 Å². The maximum atomic E-state index is 7.07. The Kier molecular flexibility index (Phi) is 2.21. The molecule has 0 saturated carbocycles. The first-order valence-electron chi connectivity index (χ1n) is 2.65. The summed E-state index contributed by atoms with van der Waals surface area (Å²) in [4.78, 5) is 3.88. The van der Waals surface area contributed by atoms with Crippen molar-refractivity contribution in [3.05, 3.63) is 27.6 Å². The zero-order chi connectivity index (χ0) is 7.56. The molecule has 1 aromatic heterocycles. The molecule has 0 fully saturated rings. The lowest BCUT2D eigenvalue weighted by atomic mass is 10.3. The Labute approximate surface area is 72.3 Å². The standard InChI is InChI=1S/C6H6IN3/c7-5-1-4(6(8)9)2-10-3-5/h1-3H,(H3,8,9). The molecule has 0 saturated heterocycles. The molecule has 0 spiro atoms. The molecule has 0 aliphatic rings. The second kappa shape index (κ2) is 2.96. The van der Waals surface area contributed by atoms with E-state index in [1.54, 1.807) is 12.4 Å². The number of pyridine rings is 1. The summed E-state index contributed by atoms with van der Waals surface area (Å²) in [5.41, 5.74) is 5.90. The van der Waals surface area contributed by atoms with E-state index < -0.39 is 0 Å². The van der Waals surface area contributed by atoms with Gasteiger partial charge in [-0.3, -0.25) is 10.4 Å². The Morgan fingerprint density at radius 3 is 2.70 bits per heavy atom. The van der Waals surface area contributed by atoms with Gasteiger partial charge in [0.1, 0.15) is 5.84 Å². The molecule has 1 rings (SSSR count). The smallest absolute Gasteiger partial charge is 0.124 e. The molecule has 0 aliphatic carbocycles. The van der Waals surface area contributed by atoms with Crippen LogP contribution in [0.1, 0.15) is 5.56 Å².